The number of aryl methyl sites for hydroxylation is 1. The quantitative estimate of drug-likeness (QED) is 0.672. The standard InChI is InChI=1S/C18H17BrN4/c1-13-11-15(7-8-16(13)19)22-18-20-10-9-17(23-18)21-12-14-5-3-2-4-6-14/h2-11H,12H2,1H3,(H2,20,21,22,23). The van der Waals surface area contributed by atoms with Crippen molar-refractivity contribution in [1.82, 2.24) is 9.97 Å². The van der Waals surface area contributed by atoms with Crippen LogP contribution < -0.4 is 10.6 Å². The van der Waals surface area contributed by atoms with Crippen LogP contribution in [0.25, 0.3) is 0 Å². The minimum absolute atomic E-state index is 0.574. The molecule has 2 N–H and O–H groups in total. The Kier molecular flexibility index (Phi) is 4.88. The van der Waals surface area contributed by atoms with E-state index in [1.54, 1.807) is 6.20 Å². The summed E-state index contributed by atoms with van der Waals surface area (Å²) in [6.07, 6.45) is 1.74. The van der Waals surface area contributed by atoms with E-state index in [1.807, 2.05) is 43.3 Å². The van der Waals surface area contributed by atoms with Gasteiger partial charge in [0.15, 0.2) is 0 Å². The van der Waals surface area contributed by atoms with Gasteiger partial charge in [-0.2, -0.15) is 4.98 Å². The lowest BCUT2D eigenvalue weighted by molar-refractivity contribution is 1.08. The summed E-state index contributed by atoms with van der Waals surface area (Å²) in [4.78, 5) is 8.76. The predicted molar refractivity (Wildman–Crippen MR) is 98.0 cm³/mol. The molecule has 1 aromatic heterocycles. The molecule has 0 amide bonds. The first-order chi connectivity index (χ1) is 11.2. The summed E-state index contributed by atoms with van der Waals surface area (Å²) in [7, 11) is 0. The first-order valence-corrected chi connectivity index (χ1v) is 8.14. The average Bonchev–Trinajstić information content (AvgIpc) is 2.58. The molecular weight excluding hydrogens is 352 g/mol. The number of rotatable bonds is 5. The predicted octanol–water partition coefficient (Wildman–Crippen LogP) is 4.90. The van der Waals surface area contributed by atoms with Gasteiger partial charge in [0.1, 0.15) is 5.82 Å². The first-order valence-electron chi connectivity index (χ1n) is 7.35. The van der Waals surface area contributed by atoms with E-state index in [2.05, 4.69) is 54.7 Å². The fourth-order valence-corrected chi connectivity index (χ4v) is 2.40. The Morgan fingerprint density at radius 2 is 1.87 bits per heavy atom. The Morgan fingerprint density at radius 1 is 1.04 bits per heavy atom. The van der Waals surface area contributed by atoms with Crippen molar-refractivity contribution in [3.05, 3.63) is 76.4 Å². The summed E-state index contributed by atoms with van der Waals surface area (Å²) >= 11 is 3.50. The minimum atomic E-state index is 0.574. The van der Waals surface area contributed by atoms with E-state index in [0.29, 0.717) is 5.95 Å². The number of benzene rings is 2. The second kappa shape index (κ2) is 7.24. The highest BCUT2D eigenvalue weighted by molar-refractivity contribution is 9.10. The molecule has 0 aliphatic heterocycles. The molecule has 1 heterocycles. The maximum atomic E-state index is 4.49. The highest BCUT2D eigenvalue weighted by Gasteiger charge is 2.02. The summed E-state index contributed by atoms with van der Waals surface area (Å²) < 4.78 is 1.09. The van der Waals surface area contributed by atoms with Crippen LogP contribution in [0.15, 0.2) is 65.3 Å². The molecule has 3 aromatic rings. The van der Waals surface area contributed by atoms with Crippen LogP contribution in [-0.2, 0) is 6.54 Å². The maximum absolute atomic E-state index is 4.49. The van der Waals surface area contributed by atoms with Gasteiger partial charge < -0.3 is 10.6 Å². The molecule has 0 bridgehead atoms. The van der Waals surface area contributed by atoms with Gasteiger partial charge in [-0.1, -0.05) is 46.3 Å². The van der Waals surface area contributed by atoms with Crippen molar-refractivity contribution in [2.24, 2.45) is 0 Å². The monoisotopic (exact) mass is 368 g/mol. The molecule has 3 rings (SSSR count). The number of nitrogens with one attached hydrogen (secondary N) is 2. The van der Waals surface area contributed by atoms with E-state index in [-0.39, 0.29) is 0 Å². The van der Waals surface area contributed by atoms with Gasteiger partial charge in [0.2, 0.25) is 5.95 Å². The maximum Gasteiger partial charge on any atom is 0.229 e. The molecule has 5 heteroatoms. The van der Waals surface area contributed by atoms with Crippen molar-refractivity contribution in [3.63, 3.8) is 0 Å². The molecule has 0 saturated heterocycles. The van der Waals surface area contributed by atoms with Gasteiger partial charge >= 0.3 is 0 Å². The van der Waals surface area contributed by atoms with Crippen LogP contribution in [0, 0.1) is 6.92 Å². The number of hydrogen-bond acceptors (Lipinski definition) is 4. The molecule has 4 nitrogen and oxygen atoms in total. The zero-order valence-corrected chi connectivity index (χ0v) is 14.3. The van der Waals surface area contributed by atoms with Crippen LogP contribution in [0.3, 0.4) is 0 Å². The van der Waals surface area contributed by atoms with Gasteiger partial charge in [-0.3, -0.25) is 0 Å². The SMILES string of the molecule is Cc1cc(Nc2nccc(NCc3ccccc3)n2)ccc1Br. The molecule has 0 radical (unpaired) electrons. The summed E-state index contributed by atoms with van der Waals surface area (Å²) in [5.41, 5.74) is 3.34. The van der Waals surface area contributed by atoms with Crippen LogP contribution in [0.2, 0.25) is 0 Å². The third-order valence-electron chi connectivity index (χ3n) is 3.39. The number of anilines is 3. The molecule has 2 aromatic carbocycles. The van der Waals surface area contributed by atoms with Crippen LogP contribution in [-0.4, -0.2) is 9.97 Å². The summed E-state index contributed by atoms with van der Waals surface area (Å²) in [5.74, 6) is 1.37. The molecule has 0 spiro atoms. The number of halogens is 1. The van der Waals surface area contributed by atoms with Crippen molar-refractivity contribution in [2.45, 2.75) is 13.5 Å². The lowest BCUT2D eigenvalue weighted by atomic mass is 10.2. The molecule has 23 heavy (non-hydrogen) atoms. The van der Waals surface area contributed by atoms with Crippen molar-refractivity contribution >= 4 is 33.4 Å². The normalized spacial score (nSPS) is 10.3. The van der Waals surface area contributed by atoms with E-state index < -0.39 is 0 Å². The lowest BCUT2D eigenvalue weighted by Crippen LogP contribution is -2.04. The molecule has 0 unspecified atom stereocenters. The zero-order chi connectivity index (χ0) is 16.1. The topological polar surface area (TPSA) is 49.8 Å². The van der Waals surface area contributed by atoms with Crippen molar-refractivity contribution in [3.8, 4) is 0 Å². The Labute approximate surface area is 144 Å². The lowest BCUT2D eigenvalue weighted by Gasteiger charge is -2.09. The molecule has 0 aliphatic rings. The van der Waals surface area contributed by atoms with Gasteiger partial charge in [0.25, 0.3) is 0 Å². The highest BCUT2D eigenvalue weighted by atomic mass is 79.9. The largest absolute Gasteiger partial charge is 0.366 e. The Bertz CT molecular complexity index is 790. The van der Waals surface area contributed by atoms with Crippen LogP contribution >= 0.6 is 15.9 Å². The van der Waals surface area contributed by atoms with Crippen molar-refractivity contribution in [1.29, 1.82) is 0 Å². The Morgan fingerprint density at radius 3 is 2.65 bits per heavy atom. The Balaban J connectivity index is 1.68. The van der Waals surface area contributed by atoms with E-state index >= 15 is 0 Å². The van der Waals surface area contributed by atoms with Crippen LogP contribution in [0.5, 0.6) is 0 Å². The van der Waals surface area contributed by atoms with E-state index in [9.17, 15) is 0 Å². The highest BCUT2D eigenvalue weighted by Crippen LogP contribution is 2.22. The summed E-state index contributed by atoms with van der Waals surface area (Å²) in [6.45, 7) is 2.78. The second-order valence-electron chi connectivity index (χ2n) is 5.19. The van der Waals surface area contributed by atoms with Gasteiger partial charge in [-0.05, 0) is 42.3 Å². The van der Waals surface area contributed by atoms with Gasteiger partial charge in [-0.15, -0.1) is 0 Å². The van der Waals surface area contributed by atoms with E-state index in [4.69, 9.17) is 0 Å². The minimum Gasteiger partial charge on any atom is -0.366 e. The van der Waals surface area contributed by atoms with E-state index in [1.165, 1.54) is 5.56 Å². The summed E-state index contributed by atoms with van der Waals surface area (Å²) in [5, 5.41) is 6.54. The van der Waals surface area contributed by atoms with Crippen LogP contribution in [0.4, 0.5) is 17.5 Å². The van der Waals surface area contributed by atoms with Crippen molar-refractivity contribution in [2.75, 3.05) is 10.6 Å². The second-order valence-corrected chi connectivity index (χ2v) is 6.05. The zero-order valence-electron chi connectivity index (χ0n) is 12.8. The molecule has 0 fully saturated rings. The third-order valence-corrected chi connectivity index (χ3v) is 4.28. The molecule has 0 saturated carbocycles. The third kappa shape index (κ3) is 4.29. The van der Waals surface area contributed by atoms with E-state index in [0.717, 1.165) is 28.1 Å². The fourth-order valence-electron chi connectivity index (χ4n) is 2.16. The number of aromatic nitrogens is 2. The number of hydrogen-bond donors (Lipinski definition) is 2. The first kappa shape index (κ1) is 15.5. The fraction of sp³-hybridized carbons (Fsp3) is 0.111. The molecular formula is C18H17BrN4. The van der Waals surface area contributed by atoms with Gasteiger partial charge in [0.05, 0.1) is 0 Å². The van der Waals surface area contributed by atoms with Gasteiger partial charge in [-0.25, -0.2) is 4.98 Å². The van der Waals surface area contributed by atoms with Crippen LogP contribution in [0.1, 0.15) is 11.1 Å². The summed E-state index contributed by atoms with van der Waals surface area (Å²) in [6, 6.07) is 18.1. The number of nitrogens with zero attached hydrogens (tertiary/aromatic N) is 2. The van der Waals surface area contributed by atoms with Crippen molar-refractivity contribution < 1.29 is 0 Å². The molecule has 0 aliphatic carbocycles. The smallest absolute Gasteiger partial charge is 0.229 e. The Hall–Kier alpha value is -2.40. The molecule has 116 valence electrons. The average molecular weight is 369 g/mol. The molecule has 0 atom stereocenters. The van der Waals surface area contributed by atoms with Gasteiger partial charge in [0, 0.05) is 22.9 Å².